The van der Waals surface area contributed by atoms with Gasteiger partial charge in [-0.05, 0) is 24.1 Å². The number of halogens is 2. The summed E-state index contributed by atoms with van der Waals surface area (Å²) in [6, 6.07) is 13.3. The van der Waals surface area contributed by atoms with Crippen LogP contribution in [-0.4, -0.2) is 29.6 Å². The Hall–Kier alpha value is -3.03. The molecule has 1 unspecified atom stereocenters. The SMILES string of the molecule is O=[N+]([O-])c1ccc(OC(F)(F)C2=NC(Cc3ccccc3)CO2)cc1. The van der Waals surface area contributed by atoms with Gasteiger partial charge in [0.05, 0.1) is 11.0 Å². The molecule has 2 aromatic rings. The van der Waals surface area contributed by atoms with Gasteiger partial charge in [0.25, 0.3) is 5.69 Å². The van der Waals surface area contributed by atoms with Crippen LogP contribution >= 0.6 is 0 Å². The fourth-order valence-electron chi connectivity index (χ4n) is 2.39. The van der Waals surface area contributed by atoms with E-state index < -0.39 is 23.0 Å². The van der Waals surface area contributed by atoms with Crippen molar-refractivity contribution in [1.82, 2.24) is 0 Å². The molecule has 6 nitrogen and oxygen atoms in total. The van der Waals surface area contributed by atoms with Crippen LogP contribution in [0.4, 0.5) is 14.5 Å². The molecule has 0 amide bonds. The summed E-state index contributed by atoms with van der Waals surface area (Å²) >= 11 is 0. The molecule has 0 radical (unpaired) electrons. The van der Waals surface area contributed by atoms with Gasteiger partial charge in [0, 0.05) is 12.1 Å². The number of rotatable bonds is 6. The fourth-order valence-corrected chi connectivity index (χ4v) is 2.39. The van der Waals surface area contributed by atoms with Gasteiger partial charge in [-0.25, -0.2) is 4.99 Å². The van der Waals surface area contributed by atoms with Crippen molar-refractivity contribution >= 4 is 11.6 Å². The summed E-state index contributed by atoms with van der Waals surface area (Å²) < 4.78 is 38.0. The fraction of sp³-hybridized carbons (Fsp3) is 0.235. The van der Waals surface area contributed by atoms with Crippen LogP contribution in [-0.2, 0) is 11.2 Å². The molecule has 0 fully saturated rings. The quantitative estimate of drug-likeness (QED) is 0.590. The smallest absolute Gasteiger partial charge is 0.472 e. The van der Waals surface area contributed by atoms with Crippen LogP contribution < -0.4 is 4.74 Å². The zero-order valence-corrected chi connectivity index (χ0v) is 13.0. The number of benzene rings is 2. The lowest BCUT2D eigenvalue weighted by molar-refractivity contribution is -0.384. The van der Waals surface area contributed by atoms with Crippen LogP contribution in [0.5, 0.6) is 5.75 Å². The Morgan fingerprint density at radius 1 is 1.20 bits per heavy atom. The lowest BCUT2D eigenvalue weighted by atomic mass is 10.1. The topological polar surface area (TPSA) is 74.0 Å². The lowest BCUT2D eigenvalue weighted by Gasteiger charge is -2.16. The summed E-state index contributed by atoms with van der Waals surface area (Å²) in [6.45, 7) is 0.0451. The molecule has 0 N–H and O–H groups in total. The van der Waals surface area contributed by atoms with Crippen molar-refractivity contribution in [2.45, 2.75) is 18.6 Å². The molecule has 0 aliphatic carbocycles. The molecule has 0 bridgehead atoms. The predicted octanol–water partition coefficient (Wildman–Crippen LogP) is 3.61. The van der Waals surface area contributed by atoms with Crippen molar-refractivity contribution in [2.75, 3.05) is 6.61 Å². The highest BCUT2D eigenvalue weighted by atomic mass is 19.3. The van der Waals surface area contributed by atoms with E-state index in [-0.39, 0.29) is 18.0 Å². The number of alkyl halides is 2. The highest BCUT2D eigenvalue weighted by Crippen LogP contribution is 2.28. The summed E-state index contributed by atoms with van der Waals surface area (Å²) in [5.41, 5.74) is 0.758. The van der Waals surface area contributed by atoms with E-state index in [9.17, 15) is 18.9 Å². The van der Waals surface area contributed by atoms with Crippen molar-refractivity contribution in [3.8, 4) is 5.75 Å². The standard InChI is InChI=1S/C17H14F2N2O4/c18-17(19,25-15-8-6-14(7-9-15)21(22)23)16-20-13(11-24-16)10-12-4-2-1-3-5-12/h1-9,13H,10-11H2. The third kappa shape index (κ3) is 4.09. The van der Waals surface area contributed by atoms with Crippen molar-refractivity contribution < 1.29 is 23.2 Å². The molecule has 0 saturated carbocycles. The predicted molar refractivity (Wildman–Crippen MR) is 86.0 cm³/mol. The molecule has 0 saturated heterocycles. The zero-order valence-electron chi connectivity index (χ0n) is 13.0. The van der Waals surface area contributed by atoms with Crippen LogP contribution in [0.1, 0.15) is 5.56 Å². The minimum absolute atomic E-state index is 0.0451. The monoisotopic (exact) mass is 348 g/mol. The van der Waals surface area contributed by atoms with Gasteiger partial charge in [-0.1, -0.05) is 30.3 Å². The summed E-state index contributed by atoms with van der Waals surface area (Å²) in [5, 5.41) is 10.6. The molecular weight excluding hydrogens is 334 g/mol. The van der Waals surface area contributed by atoms with E-state index >= 15 is 0 Å². The van der Waals surface area contributed by atoms with Gasteiger partial charge in [-0.15, -0.1) is 0 Å². The average Bonchev–Trinajstić information content (AvgIpc) is 3.05. The third-order valence-corrected chi connectivity index (χ3v) is 3.57. The molecule has 0 spiro atoms. The van der Waals surface area contributed by atoms with Gasteiger partial charge in [0.1, 0.15) is 12.4 Å². The molecule has 130 valence electrons. The molecule has 0 aromatic heterocycles. The summed E-state index contributed by atoms with van der Waals surface area (Å²) in [4.78, 5) is 13.9. The van der Waals surface area contributed by atoms with E-state index in [1.54, 1.807) is 0 Å². The van der Waals surface area contributed by atoms with E-state index in [2.05, 4.69) is 9.73 Å². The van der Waals surface area contributed by atoms with Gasteiger partial charge in [0.15, 0.2) is 0 Å². The number of ether oxygens (including phenoxy) is 2. The third-order valence-electron chi connectivity index (χ3n) is 3.57. The Labute approximate surface area is 141 Å². The largest absolute Gasteiger partial charge is 0.479 e. The van der Waals surface area contributed by atoms with Crippen LogP contribution in [0.3, 0.4) is 0 Å². The molecule has 1 aliphatic heterocycles. The number of nitrogens with zero attached hydrogens (tertiary/aromatic N) is 2. The van der Waals surface area contributed by atoms with E-state index in [0.29, 0.717) is 6.42 Å². The Bertz CT molecular complexity index is 779. The first-order chi connectivity index (χ1) is 11.9. The van der Waals surface area contributed by atoms with Crippen LogP contribution in [0.2, 0.25) is 0 Å². The van der Waals surface area contributed by atoms with Crippen molar-refractivity contribution in [3.05, 3.63) is 70.3 Å². The number of nitro groups is 1. The Morgan fingerprint density at radius 3 is 2.52 bits per heavy atom. The first kappa shape index (κ1) is 16.8. The number of hydrogen-bond donors (Lipinski definition) is 0. The number of aliphatic imine (C=N–C) groups is 1. The minimum atomic E-state index is -3.75. The summed E-state index contributed by atoms with van der Waals surface area (Å²) in [6.07, 6.45) is -3.26. The number of non-ortho nitro benzene ring substituents is 1. The first-order valence-electron chi connectivity index (χ1n) is 7.50. The van der Waals surface area contributed by atoms with Gasteiger partial charge >= 0.3 is 12.0 Å². The first-order valence-corrected chi connectivity index (χ1v) is 7.50. The summed E-state index contributed by atoms with van der Waals surface area (Å²) in [5.74, 6) is -1.000. The second-order valence-electron chi connectivity index (χ2n) is 5.46. The summed E-state index contributed by atoms with van der Waals surface area (Å²) in [7, 11) is 0. The second-order valence-corrected chi connectivity index (χ2v) is 5.46. The highest BCUT2D eigenvalue weighted by Gasteiger charge is 2.45. The molecule has 3 rings (SSSR count). The van der Waals surface area contributed by atoms with E-state index in [4.69, 9.17) is 4.74 Å². The van der Waals surface area contributed by atoms with Crippen molar-refractivity contribution in [2.24, 2.45) is 4.99 Å². The minimum Gasteiger partial charge on any atom is -0.472 e. The van der Waals surface area contributed by atoms with Crippen molar-refractivity contribution in [1.29, 1.82) is 0 Å². The zero-order chi connectivity index (χ0) is 17.9. The van der Waals surface area contributed by atoms with Gasteiger partial charge in [0.2, 0.25) is 0 Å². The normalized spacial score (nSPS) is 16.9. The maximum absolute atomic E-state index is 14.2. The second kappa shape index (κ2) is 6.84. The van der Waals surface area contributed by atoms with Gasteiger partial charge < -0.3 is 9.47 Å². The molecule has 1 heterocycles. The Kier molecular flexibility index (Phi) is 4.60. The molecule has 25 heavy (non-hydrogen) atoms. The average molecular weight is 348 g/mol. The molecule has 1 aliphatic rings. The van der Waals surface area contributed by atoms with E-state index in [1.807, 2.05) is 30.3 Å². The van der Waals surface area contributed by atoms with Gasteiger partial charge in [-0.2, -0.15) is 8.78 Å². The Morgan fingerprint density at radius 2 is 1.88 bits per heavy atom. The lowest BCUT2D eigenvalue weighted by Crippen LogP contribution is -2.35. The maximum atomic E-state index is 14.2. The molecule has 2 aromatic carbocycles. The van der Waals surface area contributed by atoms with Crippen LogP contribution in [0.15, 0.2) is 59.6 Å². The number of nitro benzene ring substituents is 1. The molecule has 8 heteroatoms. The molecule has 1 atom stereocenters. The van der Waals surface area contributed by atoms with E-state index in [0.717, 1.165) is 29.8 Å². The number of hydrogen-bond acceptors (Lipinski definition) is 5. The van der Waals surface area contributed by atoms with E-state index in [1.165, 1.54) is 0 Å². The highest BCUT2D eigenvalue weighted by molar-refractivity contribution is 5.83. The maximum Gasteiger partial charge on any atom is 0.479 e. The van der Waals surface area contributed by atoms with Gasteiger partial charge in [-0.3, -0.25) is 10.1 Å². The van der Waals surface area contributed by atoms with Crippen molar-refractivity contribution in [3.63, 3.8) is 0 Å². The Balaban J connectivity index is 1.67. The van der Waals surface area contributed by atoms with Crippen LogP contribution in [0.25, 0.3) is 0 Å². The van der Waals surface area contributed by atoms with Crippen LogP contribution in [0, 0.1) is 10.1 Å². The molecular formula is C17H14F2N2O4.